The van der Waals surface area contributed by atoms with Gasteiger partial charge < -0.3 is 5.32 Å². The Hall–Kier alpha value is -0.0400. The van der Waals surface area contributed by atoms with E-state index >= 15 is 0 Å². The van der Waals surface area contributed by atoms with Crippen molar-refractivity contribution >= 4 is 0 Å². The van der Waals surface area contributed by atoms with Crippen LogP contribution in [0.3, 0.4) is 0 Å². The molecule has 0 radical (unpaired) electrons. The Morgan fingerprint density at radius 2 is 1.50 bits per heavy atom. The first-order valence-corrected chi connectivity index (χ1v) is 3.71. The lowest BCUT2D eigenvalue weighted by atomic mass is 10.1. The summed E-state index contributed by atoms with van der Waals surface area (Å²) in [5.41, 5.74) is 0. The van der Waals surface area contributed by atoms with Crippen LogP contribution in [0.15, 0.2) is 0 Å². The molecule has 2 fully saturated rings. The maximum atomic E-state index is 3.59. The Labute approximate surface area is 50.5 Å². The molecular weight excluding hydrogens is 98.1 g/mol. The lowest BCUT2D eigenvalue weighted by Crippen LogP contribution is -2.33. The highest BCUT2D eigenvalue weighted by Gasteiger charge is 2.26. The number of piperidine rings is 1. The second kappa shape index (κ2) is 1.73. The second-order valence-electron chi connectivity index (χ2n) is 3.07. The van der Waals surface area contributed by atoms with Gasteiger partial charge in [-0.25, -0.2) is 0 Å². The highest BCUT2D eigenvalue weighted by Crippen LogP contribution is 2.25. The largest absolute Gasteiger partial charge is 0.311 e. The lowest BCUT2D eigenvalue weighted by Gasteiger charge is -2.19. The molecule has 0 aliphatic carbocycles. The molecule has 2 saturated heterocycles. The van der Waals surface area contributed by atoms with Gasteiger partial charge in [0.1, 0.15) is 0 Å². The first-order chi connectivity index (χ1) is 3.95. The Morgan fingerprint density at radius 3 is 2.00 bits per heavy atom. The van der Waals surface area contributed by atoms with E-state index in [1.165, 1.54) is 32.1 Å². The Kier molecular flexibility index (Phi) is 1.04. The molecule has 1 N–H and O–H groups in total. The van der Waals surface area contributed by atoms with E-state index in [0.717, 1.165) is 12.1 Å². The summed E-state index contributed by atoms with van der Waals surface area (Å²) in [6.07, 6.45) is 7.25. The maximum absolute atomic E-state index is 3.59. The van der Waals surface area contributed by atoms with E-state index in [9.17, 15) is 0 Å². The highest BCUT2D eigenvalue weighted by molar-refractivity contribution is 4.87. The van der Waals surface area contributed by atoms with Crippen molar-refractivity contribution in [3.05, 3.63) is 0 Å². The Bertz CT molecular complexity index is 76.4. The van der Waals surface area contributed by atoms with Gasteiger partial charge in [0.15, 0.2) is 0 Å². The monoisotopic (exact) mass is 111 g/mol. The summed E-state index contributed by atoms with van der Waals surface area (Å²) in [6, 6.07) is 1.82. The zero-order chi connectivity index (χ0) is 5.40. The van der Waals surface area contributed by atoms with Crippen molar-refractivity contribution in [1.82, 2.24) is 5.32 Å². The fourth-order valence-corrected chi connectivity index (χ4v) is 1.97. The third-order valence-electron chi connectivity index (χ3n) is 2.44. The van der Waals surface area contributed by atoms with Crippen LogP contribution in [0.2, 0.25) is 0 Å². The third kappa shape index (κ3) is 0.655. The molecule has 2 heterocycles. The van der Waals surface area contributed by atoms with Crippen LogP contribution < -0.4 is 5.32 Å². The lowest BCUT2D eigenvalue weighted by molar-refractivity contribution is 0.406. The zero-order valence-corrected chi connectivity index (χ0v) is 5.19. The number of rotatable bonds is 0. The molecular formula is C7H13N. The quantitative estimate of drug-likeness (QED) is 0.496. The van der Waals surface area contributed by atoms with Crippen LogP contribution in [-0.4, -0.2) is 12.1 Å². The van der Waals surface area contributed by atoms with Crippen LogP contribution in [0, 0.1) is 0 Å². The summed E-state index contributed by atoms with van der Waals surface area (Å²) in [7, 11) is 0. The molecule has 1 heteroatoms. The molecule has 2 rings (SSSR count). The number of nitrogens with one attached hydrogen (secondary N) is 1. The fourth-order valence-electron chi connectivity index (χ4n) is 1.97. The molecule has 46 valence electrons. The van der Waals surface area contributed by atoms with E-state index in [0.29, 0.717) is 0 Å². The molecule has 0 aromatic heterocycles. The van der Waals surface area contributed by atoms with E-state index in [4.69, 9.17) is 0 Å². The normalized spacial score (nSPS) is 45.0. The zero-order valence-electron chi connectivity index (χ0n) is 5.19. The van der Waals surface area contributed by atoms with Crippen molar-refractivity contribution in [2.45, 2.75) is 44.2 Å². The molecule has 0 saturated carbocycles. The van der Waals surface area contributed by atoms with Gasteiger partial charge in [0, 0.05) is 12.1 Å². The van der Waals surface area contributed by atoms with Crippen LogP contribution in [0.4, 0.5) is 0 Å². The topological polar surface area (TPSA) is 12.0 Å². The molecule has 8 heavy (non-hydrogen) atoms. The van der Waals surface area contributed by atoms with Crippen molar-refractivity contribution in [3.8, 4) is 0 Å². The molecule has 2 aliphatic rings. The molecule has 2 atom stereocenters. The summed E-state index contributed by atoms with van der Waals surface area (Å²) in [6.45, 7) is 0. The molecule has 0 aromatic carbocycles. The first kappa shape index (κ1) is 4.80. The van der Waals surface area contributed by atoms with Crippen molar-refractivity contribution < 1.29 is 0 Å². The van der Waals surface area contributed by atoms with Crippen molar-refractivity contribution in [2.24, 2.45) is 0 Å². The number of fused-ring (bicyclic) bond motifs is 2. The fraction of sp³-hybridized carbons (Fsp3) is 1.00. The van der Waals surface area contributed by atoms with E-state index in [-0.39, 0.29) is 0 Å². The Morgan fingerprint density at radius 1 is 0.875 bits per heavy atom. The summed E-state index contributed by atoms with van der Waals surface area (Å²) in [5, 5.41) is 3.59. The van der Waals surface area contributed by atoms with E-state index in [1.54, 1.807) is 0 Å². The molecule has 2 aliphatic heterocycles. The van der Waals surface area contributed by atoms with Gasteiger partial charge in [0.25, 0.3) is 0 Å². The van der Waals surface area contributed by atoms with Gasteiger partial charge >= 0.3 is 0 Å². The number of hydrogen-bond donors (Lipinski definition) is 1. The van der Waals surface area contributed by atoms with Gasteiger partial charge in [0.2, 0.25) is 0 Å². The Balaban J connectivity index is 2.03. The summed E-state index contributed by atoms with van der Waals surface area (Å²) < 4.78 is 0. The summed E-state index contributed by atoms with van der Waals surface area (Å²) >= 11 is 0. The predicted octanol–water partition coefficient (Wildman–Crippen LogP) is 1.29. The maximum Gasteiger partial charge on any atom is 0.00702 e. The molecule has 0 amide bonds. The van der Waals surface area contributed by atoms with Crippen molar-refractivity contribution in [2.75, 3.05) is 0 Å². The minimum atomic E-state index is 0.911. The van der Waals surface area contributed by atoms with Gasteiger partial charge in [-0.2, -0.15) is 0 Å². The van der Waals surface area contributed by atoms with Crippen LogP contribution in [0.25, 0.3) is 0 Å². The SMILES string of the molecule is C1CC2CC[C@@H](C1)N2. The van der Waals surface area contributed by atoms with Crippen LogP contribution in [0.1, 0.15) is 32.1 Å². The standard InChI is InChI=1S/C7H13N/c1-2-6-4-5-7(3-1)8-6/h6-8H,1-5H2/t6-,7?/m1/s1. The third-order valence-corrected chi connectivity index (χ3v) is 2.44. The van der Waals surface area contributed by atoms with Gasteiger partial charge in [-0.15, -0.1) is 0 Å². The van der Waals surface area contributed by atoms with Crippen molar-refractivity contribution in [3.63, 3.8) is 0 Å². The van der Waals surface area contributed by atoms with Crippen LogP contribution in [0.5, 0.6) is 0 Å². The van der Waals surface area contributed by atoms with Gasteiger partial charge in [-0.3, -0.25) is 0 Å². The minimum absolute atomic E-state index is 0.911. The molecule has 0 aromatic rings. The van der Waals surface area contributed by atoms with Gasteiger partial charge in [0.05, 0.1) is 0 Å². The molecule has 1 nitrogen and oxygen atoms in total. The van der Waals surface area contributed by atoms with E-state index in [2.05, 4.69) is 5.32 Å². The van der Waals surface area contributed by atoms with Gasteiger partial charge in [-0.05, 0) is 25.7 Å². The average molecular weight is 111 g/mol. The highest BCUT2D eigenvalue weighted by atomic mass is 15.0. The minimum Gasteiger partial charge on any atom is -0.311 e. The second-order valence-corrected chi connectivity index (χ2v) is 3.07. The smallest absolute Gasteiger partial charge is 0.00702 e. The van der Waals surface area contributed by atoms with E-state index in [1.807, 2.05) is 0 Å². The van der Waals surface area contributed by atoms with Gasteiger partial charge in [-0.1, -0.05) is 6.42 Å². The first-order valence-electron chi connectivity index (χ1n) is 3.71. The molecule has 2 bridgehead atoms. The molecule has 1 unspecified atom stereocenters. The number of hydrogen-bond acceptors (Lipinski definition) is 1. The summed E-state index contributed by atoms with van der Waals surface area (Å²) in [4.78, 5) is 0. The molecule has 0 spiro atoms. The van der Waals surface area contributed by atoms with Crippen molar-refractivity contribution in [1.29, 1.82) is 0 Å². The van der Waals surface area contributed by atoms with E-state index < -0.39 is 0 Å². The average Bonchev–Trinajstić information content (AvgIpc) is 2.12. The summed E-state index contributed by atoms with van der Waals surface area (Å²) in [5.74, 6) is 0. The van der Waals surface area contributed by atoms with Crippen LogP contribution in [-0.2, 0) is 0 Å². The predicted molar refractivity (Wildman–Crippen MR) is 33.8 cm³/mol. The van der Waals surface area contributed by atoms with Crippen LogP contribution >= 0.6 is 0 Å².